The molecule has 0 aromatic carbocycles. The molecule has 1 aliphatic heterocycles. The maximum absolute atomic E-state index is 12.6. The van der Waals surface area contributed by atoms with E-state index in [2.05, 4.69) is 5.10 Å². The van der Waals surface area contributed by atoms with E-state index < -0.39 is 0 Å². The van der Waals surface area contributed by atoms with Crippen molar-refractivity contribution in [2.75, 3.05) is 13.1 Å². The quantitative estimate of drug-likeness (QED) is 0.890. The molecule has 1 N–H and O–H groups in total. The van der Waals surface area contributed by atoms with E-state index in [9.17, 15) is 9.90 Å². The summed E-state index contributed by atoms with van der Waals surface area (Å²) in [6, 6.07) is 0. The lowest BCUT2D eigenvalue weighted by Crippen LogP contribution is -2.32. The first-order valence-corrected chi connectivity index (χ1v) is 7.61. The van der Waals surface area contributed by atoms with Crippen LogP contribution in [0, 0.1) is 18.8 Å². The lowest BCUT2D eigenvalue weighted by Gasteiger charge is -2.28. The molecular weight excluding hydrogens is 254 g/mol. The summed E-state index contributed by atoms with van der Waals surface area (Å²) in [7, 11) is 0. The molecule has 0 bridgehead atoms. The van der Waals surface area contributed by atoms with E-state index in [-0.39, 0.29) is 17.9 Å². The Kier molecular flexibility index (Phi) is 3.54. The summed E-state index contributed by atoms with van der Waals surface area (Å²) in [5.74, 6) is 0.822. The molecule has 0 unspecified atom stereocenters. The van der Waals surface area contributed by atoms with Gasteiger partial charge >= 0.3 is 0 Å². The average Bonchev–Trinajstić information content (AvgIpc) is 3.02. The number of likely N-dealkylation sites (tertiary alicyclic amines) is 1. The highest BCUT2D eigenvalue weighted by atomic mass is 16.3. The Morgan fingerprint density at radius 3 is 2.90 bits per heavy atom. The Hall–Kier alpha value is -1.36. The fourth-order valence-electron chi connectivity index (χ4n) is 3.75. The minimum atomic E-state index is -0.231. The molecule has 2 fully saturated rings. The van der Waals surface area contributed by atoms with Gasteiger partial charge in [-0.3, -0.25) is 9.48 Å². The number of carbonyl (C=O) groups excluding carboxylic acids is 1. The number of nitrogens with zero attached hydrogens (tertiary/aromatic N) is 3. The molecule has 5 nitrogen and oxygen atoms in total. The van der Waals surface area contributed by atoms with Gasteiger partial charge in [0.2, 0.25) is 0 Å². The first kappa shape index (κ1) is 13.6. The van der Waals surface area contributed by atoms with Gasteiger partial charge in [0.25, 0.3) is 5.91 Å². The fraction of sp³-hybridized carbons (Fsp3) is 0.733. The number of aliphatic hydroxyl groups is 1. The van der Waals surface area contributed by atoms with Crippen molar-refractivity contribution in [3.05, 3.63) is 17.5 Å². The van der Waals surface area contributed by atoms with Gasteiger partial charge in [0.1, 0.15) is 0 Å². The van der Waals surface area contributed by atoms with Crippen molar-refractivity contribution in [3.8, 4) is 0 Å². The summed E-state index contributed by atoms with van der Waals surface area (Å²) < 4.78 is 1.85. The van der Waals surface area contributed by atoms with Crippen LogP contribution in [0.25, 0.3) is 0 Å². The summed E-state index contributed by atoms with van der Waals surface area (Å²) >= 11 is 0. The van der Waals surface area contributed by atoms with Gasteiger partial charge in [0.15, 0.2) is 0 Å². The van der Waals surface area contributed by atoms with Crippen molar-refractivity contribution in [2.45, 2.75) is 45.8 Å². The number of aryl methyl sites for hydroxylation is 1. The van der Waals surface area contributed by atoms with Crippen LogP contribution in [0.1, 0.15) is 42.2 Å². The van der Waals surface area contributed by atoms with Crippen molar-refractivity contribution in [3.63, 3.8) is 0 Å². The number of aliphatic hydroxyl groups excluding tert-OH is 1. The zero-order chi connectivity index (χ0) is 14.3. The minimum Gasteiger partial charge on any atom is -0.393 e. The third-order valence-corrected chi connectivity index (χ3v) is 4.98. The van der Waals surface area contributed by atoms with E-state index in [1.165, 1.54) is 0 Å². The zero-order valence-electron chi connectivity index (χ0n) is 12.2. The Labute approximate surface area is 119 Å². The van der Waals surface area contributed by atoms with Crippen LogP contribution < -0.4 is 0 Å². The van der Waals surface area contributed by atoms with Crippen molar-refractivity contribution >= 4 is 5.91 Å². The molecule has 110 valence electrons. The minimum absolute atomic E-state index is 0.0730. The van der Waals surface area contributed by atoms with Gasteiger partial charge in [-0.15, -0.1) is 0 Å². The number of hydrogen-bond acceptors (Lipinski definition) is 3. The smallest absolute Gasteiger partial charge is 0.257 e. The van der Waals surface area contributed by atoms with Crippen LogP contribution in [0.3, 0.4) is 0 Å². The number of hydrogen-bond donors (Lipinski definition) is 1. The van der Waals surface area contributed by atoms with Crippen LogP contribution in [0.2, 0.25) is 0 Å². The lowest BCUT2D eigenvalue weighted by atomic mass is 9.80. The highest BCUT2D eigenvalue weighted by Gasteiger charge is 2.41. The molecule has 3 atom stereocenters. The molecule has 2 heterocycles. The van der Waals surface area contributed by atoms with E-state index in [1.807, 2.05) is 23.4 Å². The molecule has 5 heteroatoms. The summed E-state index contributed by atoms with van der Waals surface area (Å²) in [4.78, 5) is 14.5. The predicted octanol–water partition coefficient (Wildman–Crippen LogP) is 1.44. The molecule has 1 saturated heterocycles. The topological polar surface area (TPSA) is 58.4 Å². The largest absolute Gasteiger partial charge is 0.393 e. The summed E-state index contributed by atoms with van der Waals surface area (Å²) in [5, 5.41) is 14.3. The van der Waals surface area contributed by atoms with Gasteiger partial charge in [-0.2, -0.15) is 5.10 Å². The third-order valence-electron chi connectivity index (χ3n) is 4.98. The molecule has 1 aromatic rings. The highest BCUT2D eigenvalue weighted by Crippen LogP contribution is 2.36. The Morgan fingerprint density at radius 1 is 1.45 bits per heavy atom. The second-order valence-corrected chi connectivity index (χ2v) is 6.09. The molecule has 1 saturated carbocycles. The maximum atomic E-state index is 12.6. The zero-order valence-corrected chi connectivity index (χ0v) is 12.2. The molecule has 1 aliphatic carbocycles. The Bertz CT molecular complexity index is 511. The number of rotatable bonds is 2. The normalized spacial score (nSPS) is 29.6. The van der Waals surface area contributed by atoms with E-state index in [0.717, 1.165) is 38.0 Å². The van der Waals surface area contributed by atoms with E-state index in [4.69, 9.17) is 0 Å². The van der Waals surface area contributed by atoms with E-state index >= 15 is 0 Å². The molecular formula is C15H23N3O2. The van der Waals surface area contributed by atoms with Crippen LogP contribution in [0.5, 0.6) is 0 Å². The van der Waals surface area contributed by atoms with Crippen molar-refractivity contribution in [2.24, 2.45) is 11.8 Å². The van der Waals surface area contributed by atoms with Crippen molar-refractivity contribution in [1.29, 1.82) is 0 Å². The van der Waals surface area contributed by atoms with Gasteiger partial charge in [0.05, 0.1) is 17.9 Å². The van der Waals surface area contributed by atoms with Gasteiger partial charge in [-0.25, -0.2) is 0 Å². The highest BCUT2D eigenvalue weighted by molar-refractivity contribution is 5.95. The molecule has 2 aliphatic rings. The molecule has 0 radical (unpaired) electrons. The Balaban J connectivity index is 1.76. The molecule has 1 aromatic heterocycles. The van der Waals surface area contributed by atoms with Gasteiger partial charge in [-0.1, -0.05) is 6.42 Å². The van der Waals surface area contributed by atoms with Crippen LogP contribution in [-0.4, -0.2) is 44.9 Å². The standard InChI is InChI=1S/C15H23N3O2/c1-3-18-10(2)12(7-16-18)15(20)17-8-11-5-4-6-14(19)13(11)9-17/h7,11,13-14,19H,3-6,8-9H2,1-2H3/t11-,13+,14-/m1/s1. The SMILES string of the molecule is CCn1ncc(C(=O)N2C[C@H]3CCC[C@@H](O)[C@H]3C2)c1C. The van der Waals surface area contributed by atoms with Crippen LogP contribution in [0.15, 0.2) is 6.20 Å². The third kappa shape index (κ3) is 2.14. The van der Waals surface area contributed by atoms with Crippen LogP contribution in [0.4, 0.5) is 0 Å². The second-order valence-electron chi connectivity index (χ2n) is 6.09. The number of carbonyl (C=O) groups is 1. The molecule has 3 rings (SSSR count). The first-order chi connectivity index (χ1) is 9.61. The van der Waals surface area contributed by atoms with Gasteiger partial charge in [-0.05, 0) is 32.6 Å². The van der Waals surface area contributed by atoms with E-state index in [0.29, 0.717) is 18.0 Å². The first-order valence-electron chi connectivity index (χ1n) is 7.61. The molecule has 1 amide bonds. The van der Waals surface area contributed by atoms with Crippen LogP contribution in [-0.2, 0) is 6.54 Å². The lowest BCUT2D eigenvalue weighted by molar-refractivity contribution is 0.0539. The number of fused-ring (bicyclic) bond motifs is 1. The van der Waals surface area contributed by atoms with Crippen molar-refractivity contribution < 1.29 is 9.90 Å². The number of amides is 1. The second kappa shape index (κ2) is 5.20. The molecule has 0 spiro atoms. The summed E-state index contributed by atoms with van der Waals surface area (Å²) in [5.41, 5.74) is 1.65. The predicted molar refractivity (Wildman–Crippen MR) is 75.4 cm³/mol. The number of aromatic nitrogens is 2. The van der Waals surface area contributed by atoms with Crippen LogP contribution >= 0.6 is 0 Å². The maximum Gasteiger partial charge on any atom is 0.257 e. The van der Waals surface area contributed by atoms with Gasteiger partial charge in [0, 0.05) is 31.2 Å². The fourth-order valence-corrected chi connectivity index (χ4v) is 3.75. The van der Waals surface area contributed by atoms with Gasteiger partial charge < -0.3 is 10.0 Å². The monoisotopic (exact) mass is 277 g/mol. The summed E-state index contributed by atoms with van der Waals surface area (Å²) in [6.45, 7) is 6.23. The average molecular weight is 277 g/mol. The van der Waals surface area contributed by atoms with E-state index in [1.54, 1.807) is 6.20 Å². The Morgan fingerprint density at radius 2 is 2.25 bits per heavy atom. The molecule has 20 heavy (non-hydrogen) atoms. The van der Waals surface area contributed by atoms with Crippen molar-refractivity contribution in [1.82, 2.24) is 14.7 Å². The summed E-state index contributed by atoms with van der Waals surface area (Å²) in [6.07, 6.45) is 4.55.